The number of carbonyl (C=O) groups excluding carboxylic acids is 1. The predicted molar refractivity (Wildman–Crippen MR) is 62.6 cm³/mol. The molecule has 0 atom stereocenters. The molecule has 0 saturated heterocycles. The number of nitrogens with zero attached hydrogens (tertiary/aromatic N) is 3. The zero-order valence-corrected chi connectivity index (χ0v) is 9.78. The number of benzene rings is 1. The van der Waals surface area contributed by atoms with E-state index in [1.165, 1.54) is 12.1 Å². The Labute approximate surface area is 107 Å². The molecule has 1 aromatic carbocycles. The van der Waals surface area contributed by atoms with Crippen molar-refractivity contribution in [2.45, 2.75) is 0 Å². The minimum absolute atomic E-state index is 0.0305. The number of aromatic nitrogens is 2. The van der Waals surface area contributed by atoms with E-state index < -0.39 is 17.6 Å². The van der Waals surface area contributed by atoms with Gasteiger partial charge in [-0.15, -0.1) is 4.73 Å². The molecule has 1 N–H and O–H groups in total. The monoisotopic (exact) mass is 260 g/mol. The van der Waals surface area contributed by atoms with Crippen LogP contribution in [0.5, 0.6) is 0 Å². The summed E-state index contributed by atoms with van der Waals surface area (Å²) in [5.41, 5.74) is -0.452. The van der Waals surface area contributed by atoms with Crippen LogP contribution in [0.15, 0.2) is 24.3 Å². The molecule has 0 aliphatic carbocycles. The van der Waals surface area contributed by atoms with Crippen molar-refractivity contribution in [3.63, 3.8) is 0 Å². The highest BCUT2D eigenvalue weighted by Gasteiger charge is 2.28. The Morgan fingerprint density at radius 2 is 1.89 bits per heavy atom. The molecule has 0 saturated carbocycles. The van der Waals surface area contributed by atoms with Crippen molar-refractivity contribution in [3.05, 3.63) is 40.4 Å². The lowest BCUT2D eigenvalue weighted by Gasteiger charge is -2.12. The highest BCUT2D eigenvalue weighted by atomic mass is 16.5. The van der Waals surface area contributed by atoms with Crippen molar-refractivity contribution in [1.82, 2.24) is 0 Å². The Morgan fingerprint density at radius 3 is 2.42 bits per heavy atom. The van der Waals surface area contributed by atoms with Gasteiger partial charge in [0.05, 0.1) is 7.11 Å². The first-order valence-electron chi connectivity index (χ1n) is 5.13. The van der Waals surface area contributed by atoms with E-state index in [-0.39, 0.29) is 15.8 Å². The summed E-state index contributed by atoms with van der Waals surface area (Å²) in [6, 6.07) is 7.51. The van der Waals surface area contributed by atoms with Crippen molar-refractivity contribution in [1.29, 1.82) is 5.26 Å². The van der Waals surface area contributed by atoms with Crippen molar-refractivity contribution >= 4 is 22.9 Å². The number of nitriles is 1. The number of methoxy groups -OCH3 is 1. The van der Waals surface area contributed by atoms with Crippen LogP contribution in [0.4, 0.5) is 10.6 Å². The second-order valence-electron chi connectivity index (χ2n) is 3.50. The van der Waals surface area contributed by atoms with E-state index in [0.29, 0.717) is 4.73 Å². The van der Waals surface area contributed by atoms with Gasteiger partial charge in [0, 0.05) is 6.07 Å². The molecular formula is C11H8N4O4. The van der Waals surface area contributed by atoms with Crippen LogP contribution >= 0.6 is 0 Å². The molecular weight excluding hydrogens is 252 g/mol. The molecule has 0 unspecified atom stereocenters. The van der Waals surface area contributed by atoms with Crippen LogP contribution in [-0.2, 0) is 4.74 Å². The van der Waals surface area contributed by atoms with Crippen LogP contribution in [0.2, 0.25) is 0 Å². The fourth-order valence-electron chi connectivity index (χ4n) is 1.60. The average Bonchev–Trinajstić information content (AvgIpc) is 2.44. The van der Waals surface area contributed by atoms with Crippen LogP contribution in [-0.4, -0.2) is 13.2 Å². The number of ether oxygens (including phenoxy) is 1. The van der Waals surface area contributed by atoms with Gasteiger partial charge < -0.3 is 15.2 Å². The number of hydrogen-bond donors (Lipinski definition) is 1. The Balaban J connectivity index is 2.79. The van der Waals surface area contributed by atoms with Gasteiger partial charge in [-0.3, -0.25) is 0 Å². The summed E-state index contributed by atoms with van der Waals surface area (Å²) in [4.78, 5) is 11.1. The van der Waals surface area contributed by atoms with E-state index in [1.807, 2.05) is 0 Å². The molecule has 0 aliphatic rings. The van der Waals surface area contributed by atoms with Gasteiger partial charge >= 0.3 is 17.6 Å². The Hall–Kier alpha value is -3.08. The average molecular weight is 260 g/mol. The summed E-state index contributed by atoms with van der Waals surface area (Å²) in [5, 5.41) is 35.0. The molecule has 1 amide bonds. The lowest BCUT2D eigenvalue weighted by Crippen LogP contribution is -2.44. The Kier molecular flexibility index (Phi) is 3.03. The molecule has 96 valence electrons. The van der Waals surface area contributed by atoms with Crippen LogP contribution < -0.4 is 14.8 Å². The number of rotatable bonds is 1. The molecule has 8 nitrogen and oxygen atoms in total. The maximum Gasteiger partial charge on any atom is 0.504 e. The smallest absolute Gasteiger partial charge is 0.504 e. The van der Waals surface area contributed by atoms with Crippen LogP contribution in [0, 0.1) is 21.7 Å². The first-order valence-corrected chi connectivity index (χ1v) is 5.13. The standard InChI is InChI=1S/C11H8N4O4/c1-19-11(16)13-10-9(6-12)14(17)7-4-2-3-5-8(7)15(10)18/h2-5H,1H3,(H,13,16). The van der Waals surface area contributed by atoms with Gasteiger partial charge in [-0.1, -0.05) is 12.1 Å². The molecule has 0 fully saturated rings. The van der Waals surface area contributed by atoms with E-state index in [9.17, 15) is 15.2 Å². The van der Waals surface area contributed by atoms with Gasteiger partial charge in [0.1, 0.15) is 0 Å². The molecule has 19 heavy (non-hydrogen) atoms. The molecule has 2 aromatic rings. The lowest BCUT2D eigenvalue weighted by molar-refractivity contribution is -0.620. The number of amides is 1. The van der Waals surface area contributed by atoms with Gasteiger partial charge in [0.25, 0.3) is 5.52 Å². The van der Waals surface area contributed by atoms with E-state index in [4.69, 9.17) is 5.26 Å². The number of hydrogen-bond acceptors (Lipinski definition) is 5. The molecule has 8 heteroatoms. The molecule has 0 radical (unpaired) electrons. The maximum absolute atomic E-state index is 12.1. The zero-order chi connectivity index (χ0) is 14.0. The number of nitrogens with one attached hydrogen (secondary N) is 1. The molecule has 0 aliphatic heterocycles. The van der Waals surface area contributed by atoms with Crippen molar-refractivity contribution in [2.24, 2.45) is 0 Å². The van der Waals surface area contributed by atoms with Crippen LogP contribution in [0.3, 0.4) is 0 Å². The number of para-hydroxylation sites is 2. The quantitative estimate of drug-likeness (QED) is 0.579. The third kappa shape index (κ3) is 1.93. The van der Waals surface area contributed by atoms with E-state index >= 15 is 0 Å². The third-order valence-electron chi connectivity index (χ3n) is 2.46. The lowest BCUT2D eigenvalue weighted by atomic mass is 10.3. The SMILES string of the molecule is COC(=O)Nc1c(C#N)[n+]([O-])c2ccccc2[n+]1[O-]. The fraction of sp³-hybridized carbons (Fsp3) is 0.0909. The largest absolute Gasteiger partial charge is 0.710 e. The van der Waals surface area contributed by atoms with E-state index in [2.05, 4.69) is 10.1 Å². The van der Waals surface area contributed by atoms with Gasteiger partial charge in [0.15, 0.2) is 6.07 Å². The number of fused-ring (bicyclic) bond motifs is 1. The maximum atomic E-state index is 12.1. The first-order chi connectivity index (χ1) is 9.10. The van der Waals surface area contributed by atoms with Crippen molar-refractivity contribution < 1.29 is 19.0 Å². The summed E-state index contributed by atoms with van der Waals surface area (Å²) in [7, 11) is 1.10. The highest BCUT2D eigenvalue weighted by molar-refractivity contribution is 5.84. The van der Waals surface area contributed by atoms with Gasteiger partial charge in [-0.05, 0) is 6.07 Å². The minimum Gasteiger partial charge on any atom is -0.710 e. The van der Waals surface area contributed by atoms with Gasteiger partial charge in [-0.2, -0.15) is 15.4 Å². The molecule has 1 aromatic heterocycles. The fourth-order valence-corrected chi connectivity index (χ4v) is 1.60. The van der Waals surface area contributed by atoms with Crippen LogP contribution in [0.1, 0.15) is 5.69 Å². The second-order valence-corrected chi connectivity index (χ2v) is 3.50. The van der Waals surface area contributed by atoms with Gasteiger partial charge in [-0.25, -0.2) is 4.73 Å². The molecule has 0 bridgehead atoms. The van der Waals surface area contributed by atoms with Crippen molar-refractivity contribution in [2.75, 3.05) is 12.4 Å². The predicted octanol–water partition coefficient (Wildman–Crippen LogP) is 0.157. The number of carbonyl (C=O) groups is 1. The second kappa shape index (κ2) is 4.66. The van der Waals surface area contributed by atoms with E-state index in [1.54, 1.807) is 18.2 Å². The summed E-state index contributed by atoms with van der Waals surface area (Å²) in [6.45, 7) is 0. The summed E-state index contributed by atoms with van der Waals surface area (Å²) in [5.74, 6) is -0.469. The highest BCUT2D eigenvalue weighted by Crippen LogP contribution is 2.12. The topological polar surface area (TPSA) is 116 Å². The Morgan fingerprint density at radius 1 is 1.32 bits per heavy atom. The molecule has 2 rings (SSSR count). The number of anilines is 1. The summed E-state index contributed by atoms with van der Waals surface area (Å²) in [6.07, 6.45) is -0.948. The van der Waals surface area contributed by atoms with Crippen LogP contribution in [0.25, 0.3) is 11.0 Å². The first kappa shape index (κ1) is 12.4. The summed E-state index contributed by atoms with van der Waals surface area (Å²) >= 11 is 0. The Bertz CT molecular complexity index is 708. The molecule has 1 heterocycles. The van der Waals surface area contributed by atoms with Crippen molar-refractivity contribution in [3.8, 4) is 6.07 Å². The minimum atomic E-state index is -0.948. The summed E-state index contributed by atoms with van der Waals surface area (Å²) < 4.78 is 4.93. The zero-order valence-electron chi connectivity index (χ0n) is 9.78. The van der Waals surface area contributed by atoms with E-state index in [0.717, 1.165) is 7.11 Å². The van der Waals surface area contributed by atoms with Gasteiger partial charge in [0.2, 0.25) is 5.52 Å². The molecule has 0 spiro atoms. The third-order valence-corrected chi connectivity index (χ3v) is 2.46. The normalized spacial score (nSPS) is 9.89.